The minimum atomic E-state index is -0.166. The molecular formula is C14H9FS. The highest BCUT2D eigenvalue weighted by atomic mass is 32.1. The van der Waals surface area contributed by atoms with Crippen molar-refractivity contribution in [2.75, 3.05) is 0 Å². The van der Waals surface area contributed by atoms with Crippen LogP contribution in [0.4, 0.5) is 4.39 Å². The van der Waals surface area contributed by atoms with Crippen molar-refractivity contribution in [1.82, 2.24) is 0 Å². The van der Waals surface area contributed by atoms with Gasteiger partial charge in [0.05, 0.1) is 0 Å². The molecule has 0 nitrogen and oxygen atoms in total. The first-order valence-corrected chi connectivity index (χ1v) is 5.95. The molecular weight excluding hydrogens is 219 g/mol. The topological polar surface area (TPSA) is 0 Å². The predicted octanol–water partition coefficient (Wildman–Crippen LogP) is 4.71. The molecule has 1 aromatic heterocycles. The average molecular weight is 228 g/mol. The van der Waals surface area contributed by atoms with E-state index in [-0.39, 0.29) is 5.82 Å². The van der Waals surface area contributed by atoms with E-state index in [0.717, 1.165) is 10.9 Å². The Hall–Kier alpha value is -1.67. The zero-order chi connectivity index (χ0) is 11.0. The van der Waals surface area contributed by atoms with Gasteiger partial charge in [0, 0.05) is 15.6 Å². The molecule has 0 N–H and O–H groups in total. The molecule has 0 atom stereocenters. The van der Waals surface area contributed by atoms with E-state index < -0.39 is 0 Å². The first-order chi connectivity index (χ1) is 7.86. The lowest BCUT2D eigenvalue weighted by Crippen LogP contribution is -1.83. The molecule has 78 valence electrons. The first-order valence-electron chi connectivity index (χ1n) is 5.07. The van der Waals surface area contributed by atoms with Gasteiger partial charge in [0.15, 0.2) is 0 Å². The van der Waals surface area contributed by atoms with Gasteiger partial charge >= 0.3 is 0 Å². The van der Waals surface area contributed by atoms with Crippen LogP contribution in [0.3, 0.4) is 0 Å². The Labute approximate surface area is 97.0 Å². The summed E-state index contributed by atoms with van der Waals surface area (Å²) >= 11 is 1.68. The van der Waals surface area contributed by atoms with E-state index in [1.165, 1.54) is 10.8 Å². The SMILES string of the molecule is Fc1ccccc1-c1cccc2sccc12. The van der Waals surface area contributed by atoms with Gasteiger partial charge in [0.25, 0.3) is 0 Å². The van der Waals surface area contributed by atoms with Crippen LogP contribution in [0.25, 0.3) is 21.2 Å². The molecule has 0 spiro atoms. The van der Waals surface area contributed by atoms with Crippen LogP contribution in [0, 0.1) is 5.82 Å². The second-order valence-corrected chi connectivity index (χ2v) is 4.57. The van der Waals surface area contributed by atoms with Gasteiger partial charge in [-0.15, -0.1) is 11.3 Å². The Morgan fingerprint density at radius 3 is 2.50 bits per heavy atom. The van der Waals surface area contributed by atoms with Gasteiger partial charge < -0.3 is 0 Å². The zero-order valence-corrected chi connectivity index (χ0v) is 9.30. The third-order valence-corrected chi connectivity index (χ3v) is 3.54. The number of rotatable bonds is 1. The summed E-state index contributed by atoms with van der Waals surface area (Å²) in [6, 6.07) is 14.9. The highest BCUT2D eigenvalue weighted by Gasteiger charge is 2.07. The fourth-order valence-electron chi connectivity index (χ4n) is 1.91. The van der Waals surface area contributed by atoms with Gasteiger partial charge in [-0.2, -0.15) is 0 Å². The highest BCUT2D eigenvalue weighted by molar-refractivity contribution is 7.17. The number of hydrogen-bond donors (Lipinski definition) is 0. The molecule has 0 bridgehead atoms. The fourth-order valence-corrected chi connectivity index (χ4v) is 2.72. The van der Waals surface area contributed by atoms with Crippen LogP contribution in [0.1, 0.15) is 0 Å². The Kier molecular flexibility index (Phi) is 2.22. The number of halogens is 1. The maximum absolute atomic E-state index is 13.7. The third kappa shape index (κ3) is 1.42. The maximum Gasteiger partial charge on any atom is 0.131 e. The van der Waals surface area contributed by atoms with Crippen molar-refractivity contribution in [3.63, 3.8) is 0 Å². The molecule has 1 heterocycles. The molecule has 0 saturated heterocycles. The average Bonchev–Trinajstić information content (AvgIpc) is 2.77. The van der Waals surface area contributed by atoms with Crippen LogP contribution in [-0.2, 0) is 0 Å². The number of thiophene rings is 1. The summed E-state index contributed by atoms with van der Waals surface area (Å²) in [5.74, 6) is -0.166. The van der Waals surface area contributed by atoms with Crippen molar-refractivity contribution in [2.24, 2.45) is 0 Å². The van der Waals surface area contributed by atoms with Crippen LogP contribution in [-0.4, -0.2) is 0 Å². The zero-order valence-electron chi connectivity index (χ0n) is 8.48. The Morgan fingerprint density at radius 2 is 1.62 bits per heavy atom. The van der Waals surface area contributed by atoms with Crippen molar-refractivity contribution in [2.45, 2.75) is 0 Å². The minimum Gasteiger partial charge on any atom is -0.206 e. The largest absolute Gasteiger partial charge is 0.206 e. The second-order valence-electron chi connectivity index (χ2n) is 3.62. The van der Waals surface area contributed by atoms with Gasteiger partial charge in [-0.05, 0) is 29.1 Å². The summed E-state index contributed by atoms with van der Waals surface area (Å²) in [5, 5.41) is 3.16. The van der Waals surface area contributed by atoms with Gasteiger partial charge in [-0.25, -0.2) is 4.39 Å². The molecule has 0 aliphatic rings. The van der Waals surface area contributed by atoms with E-state index in [0.29, 0.717) is 5.56 Å². The van der Waals surface area contributed by atoms with Crippen LogP contribution in [0.5, 0.6) is 0 Å². The fraction of sp³-hybridized carbons (Fsp3) is 0. The summed E-state index contributed by atoms with van der Waals surface area (Å²) < 4.78 is 14.9. The normalized spacial score (nSPS) is 10.8. The van der Waals surface area contributed by atoms with Gasteiger partial charge in [0.1, 0.15) is 5.82 Å². The molecule has 3 aromatic rings. The van der Waals surface area contributed by atoms with Gasteiger partial charge in [0.2, 0.25) is 0 Å². The molecule has 0 saturated carbocycles. The van der Waals surface area contributed by atoms with E-state index in [9.17, 15) is 4.39 Å². The lowest BCUT2D eigenvalue weighted by atomic mass is 10.0. The van der Waals surface area contributed by atoms with Crippen molar-refractivity contribution >= 4 is 21.4 Å². The van der Waals surface area contributed by atoms with Gasteiger partial charge in [-0.3, -0.25) is 0 Å². The molecule has 16 heavy (non-hydrogen) atoms. The van der Waals surface area contributed by atoms with Crippen molar-refractivity contribution < 1.29 is 4.39 Å². The molecule has 0 unspecified atom stereocenters. The van der Waals surface area contributed by atoms with Crippen LogP contribution < -0.4 is 0 Å². The third-order valence-electron chi connectivity index (χ3n) is 2.66. The van der Waals surface area contributed by atoms with Crippen LogP contribution >= 0.6 is 11.3 Å². The quantitative estimate of drug-likeness (QED) is 0.566. The maximum atomic E-state index is 13.7. The van der Waals surface area contributed by atoms with Crippen molar-refractivity contribution in [3.8, 4) is 11.1 Å². The molecule has 2 heteroatoms. The van der Waals surface area contributed by atoms with Crippen molar-refractivity contribution in [3.05, 3.63) is 59.7 Å². The van der Waals surface area contributed by atoms with E-state index in [1.807, 2.05) is 35.7 Å². The summed E-state index contributed by atoms with van der Waals surface area (Å²) in [4.78, 5) is 0. The molecule has 0 amide bonds. The monoisotopic (exact) mass is 228 g/mol. The standard InChI is InChI=1S/C14H9FS/c15-13-6-2-1-4-11(13)10-5-3-7-14-12(10)8-9-16-14/h1-9H. The molecule has 0 aliphatic heterocycles. The van der Waals surface area contributed by atoms with Crippen molar-refractivity contribution in [1.29, 1.82) is 0 Å². The summed E-state index contributed by atoms with van der Waals surface area (Å²) in [6.07, 6.45) is 0. The Balaban J connectivity index is 2.34. The van der Waals surface area contributed by atoms with Crippen LogP contribution in [0.15, 0.2) is 53.9 Å². The summed E-state index contributed by atoms with van der Waals surface area (Å²) in [5.41, 5.74) is 1.64. The molecule has 0 aliphatic carbocycles. The number of hydrogen-bond acceptors (Lipinski definition) is 1. The molecule has 0 radical (unpaired) electrons. The predicted molar refractivity (Wildman–Crippen MR) is 67.2 cm³/mol. The smallest absolute Gasteiger partial charge is 0.131 e. The minimum absolute atomic E-state index is 0.166. The van der Waals surface area contributed by atoms with E-state index in [4.69, 9.17) is 0 Å². The molecule has 2 aromatic carbocycles. The lowest BCUT2D eigenvalue weighted by Gasteiger charge is -2.04. The number of fused-ring (bicyclic) bond motifs is 1. The summed E-state index contributed by atoms with van der Waals surface area (Å²) in [6.45, 7) is 0. The van der Waals surface area contributed by atoms with Crippen LogP contribution in [0.2, 0.25) is 0 Å². The summed E-state index contributed by atoms with van der Waals surface area (Å²) in [7, 11) is 0. The van der Waals surface area contributed by atoms with E-state index in [1.54, 1.807) is 17.4 Å². The lowest BCUT2D eigenvalue weighted by molar-refractivity contribution is 0.631. The van der Waals surface area contributed by atoms with E-state index >= 15 is 0 Å². The Bertz CT molecular complexity index is 640. The highest BCUT2D eigenvalue weighted by Crippen LogP contribution is 2.32. The van der Waals surface area contributed by atoms with Gasteiger partial charge in [-0.1, -0.05) is 30.3 Å². The van der Waals surface area contributed by atoms with E-state index in [2.05, 4.69) is 6.07 Å². The Morgan fingerprint density at radius 1 is 0.812 bits per heavy atom. The number of benzene rings is 2. The first kappa shape index (κ1) is 9.55. The second kappa shape index (κ2) is 3.72. The molecule has 3 rings (SSSR count). The molecule has 0 fully saturated rings.